The van der Waals surface area contributed by atoms with Gasteiger partial charge in [-0.15, -0.1) is 10.2 Å². The molecule has 21 heavy (non-hydrogen) atoms. The Bertz CT molecular complexity index is 596. The first-order valence-corrected chi connectivity index (χ1v) is 7.24. The summed E-state index contributed by atoms with van der Waals surface area (Å²) in [5.74, 6) is 1.22. The van der Waals surface area contributed by atoms with Crippen LogP contribution in [0.3, 0.4) is 0 Å². The Morgan fingerprint density at radius 3 is 2.38 bits per heavy atom. The highest BCUT2D eigenvalue weighted by atomic mass is 79.9. The van der Waals surface area contributed by atoms with Crippen LogP contribution in [0.25, 0.3) is 11.4 Å². The monoisotopic (exact) mass is 363 g/mol. The summed E-state index contributed by atoms with van der Waals surface area (Å²) in [4.78, 5) is 0. The van der Waals surface area contributed by atoms with Crippen LogP contribution in [0.5, 0.6) is 0 Å². The van der Waals surface area contributed by atoms with E-state index in [1.54, 1.807) is 7.11 Å². The summed E-state index contributed by atoms with van der Waals surface area (Å²) in [6.45, 7) is 0.993. The summed E-state index contributed by atoms with van der Waals surface area (Å²) >= 11 is 3.31. The standard InChI is InChI=1S/C13H13BrF3N3O/c1-21-7-6-20-11(8-14)18-19-12(20)9-2-4-10(5-3-9)13(15,16)17/h2-5H,6-8H2,1H3. The molecule has 0 aliphatic heterocycles. The van der Waals surface area contributed by atoms with E-state index in [4.69, 9.17) is 4.74 Å². The van der Waals surface area contributed by atoms with Crippen LogP contribution >= 0.6 is 15.9 Å². The van der Waals surface area contributed by atoms with Crippen LogP contribution in [0.15, 0.2) is 24.3 Å². The average molecular weight is 364 g/mol. The lowest BCUT2D eigenvalue weighted by Crippen LogP contribution is -2.09. The molecule has 114 valence electrons. The molecule has 0 radical (unpaired) electrons. The zero-order chi connectivity index (χ0) is 15.5. The summed E-state index contributed by atoms with van der Waals surface area (Å²) in [7, 11) is 1.58. The van der Waals surface area contributed by atoms with Gasteiger partial charge in [0.1, 0.15) is 5.82 Å². The molecule has 0 aliphatic rings. The fourth-order valence-corrected chi connectivity index (χ4v) is 2.29. The molecule has 1 aromatic heterocycles. The fraction of sp³-hybridized carbons (Fsp3) is 0.385. The van der Waals surface area contributed by atoms with Crippen LogP contribution in [0, 0.1) is 0 Å². The quantitative estimate of drug-likeness (QED) is 0.763. The smallest absolute Gasteiger partial charge is 0.383 e. The number of rotatable bonds is 5. The molecule has 0 atom stereocenters. The summed E-state index contributed by atoms with van der Waals surface area (Å²) in [5, 5.41) is 8.58. The maximum atomic E-state index is 12.6. The first-order chi connectivity index (χ1) is 9.97. The third kappa shape index (κ3) is 3.62. The van der Waals surface area contributed by atoms with Crippen molar-refractivity contribution in [1.82, 2.24) is 14.8 Å². The van der Waals surface area contributed by atoms with E-state index < -0.39 is 11.7 Å². The van der Waals surface area contributed by atoms with Gasteiger partial charge in [-0.2, -0.15) is 13.2 Å². The van der Waals surface area contributed by atoms with E-state index in [2.05, 4.69) is 26.1 Å². The number of methoxy groups -OCH3 is 1. The lowest BCUT2D eigenvalue weighted by atomic mass is 10.1. The molecular weight excluding hydrogens is 351 g/mol. The second-order valence-corrected chi connectivity index (χ2v) is 4.85. The van der Waals surface area contributed by atoms with Gasteiger partial charge in [-0.1, -0.05) is 28.1 Å². The van der Waals surface area contributed by atoms with Crippen LogP contribution in [0.1, 0.15) is 11.4 Å². The first kappa shape index (κ1) is 16.0. The Labute approximate surface area is 128 Å². The second kappa shape index (κ2) is 6.57. The molecule has 0 spiro atoms. The molecule has 8 heteroatoms. The maximum absolute atomic E-state index is 12.6. The van der Waals surface area contributed by atoms with Gasteiger partial charge in [-0.05, 0) is 12.1 Å². The van der Waals surface area contributed by atoms with E-state index >= 15 is 0 Å². The molecule has 2 rings (SSSR count). The molecule has 4 nitrogen and oxygen atoms in total. The zero-order valence-electron chi connectivity index (χ0n) is 11.2. The lowest BCUT2D eigenvalue weighted by molar-refractivity contribution is -0.137. The molecule has 0 N–H and O–H groups in total. The minimum Gasteiger partial charge on any atom is -0.383 e. The lowest BCUT2D eigenvalue weighted by Gasteiger charge is -2.10. The molecule has 0 aliphatic carbocycles. The fourth-order valence-electron chi connectivity index (χ4n) is 1.87. The molecule has 1 heterocycles. The molecular formula is C13H13BrF3N3O. The third-order valence-corrected chi connectivity index (χ3v) is 3.44. The SMILES string of the molecule is COCCn1c(CBr)nnc1-c1ccc(C(F)(F)F)cc1. The van der Waals surface area contributed by atoms with Crippen LogP contribution in [0.4, 0.5) is 13.2 Å². The topological polar surface area (TPSA) is 39.9 Å². The van der Waals surface area contributed by atoms with Crippen LogP contribution in [-0.2, 0) is 22.8 Å². The van der Waals surface area contributed by atoms with Crippen LogP contribution in [0.2, 0.25) is 0 Å². The first-order valence-electron chi connectivity index (χ1n) is 6.12. The number of halogens is 4. The third-order valence-electron chi connectivity index (χ3n) is 2.94. The van der Waals surface area contributed by atoms with Gasteiger partial charge in [0, 0.05) is 19.2 Å². The van der Waals surface area contributed by atoms with Gasteiger partial charge < -0.3 is 9.30 Å². The van der Waals surface area contributed by atoms with Crippen LogP contribution in [-0.4, -0.2) is 28.5 Å². The second-order valence-electron chi connectivity index (χ2n) is 4.29. The van der Waals surface area contributed by atoms with E-state index in [9.17, 15) is 13.2 Å². The summed E-state index contributed by atoms with van der Waals surface area (Å²) in [5.41, 5.74) is -0.103. The number of benzene rings is 1. The van der Waals surface area contributed by atoms with E-state index in [-0.39, 0.29) is 0 Å². The van der Waals surface area contributed by atoms with Crippen LogP contribution < -0.4 is 0 Å². The largest absolute Gasteiger partial charge is 0.416 e. The number of nitrogens with zero attached hydrogens (tertiary/aromatic N) is 3. The normalized spacial score (nSPS) is 11.9. The molecule has 2 aromatic rings. The zero-order valence-corrected chi connectivity index (χ0v) is 12.8. The van der Waals surface area contributed by atoms with Gasteiger partial charge in [-0.25, -0.2) is 0 Å². The minimum atomic E-state index is -4.34. The predicted molar refractivity (Wildman–Crippen MR) is 75.0 cm³/mol. The Hall–Kier alpha value is -1.41. The number of hydrogen-bond donors (Lipinski definition) is 0. The van der Waals surface area contributed by atoms with Crippen molar-refractivity contribution in [2.45, 2.75) is 18.1 Å². The van der Waals surface area contributed by atoms with Gasteiger partial charge in [-0.3, -0.25) is 0 Å². The molecule has 0 amide bonds. The highest BCUT2D eigenvalue weighted by Crippen LogP contribution is 2.30. The van der Waals surface area contributed by atoms with Crippen molar-refractivity contribution >= 4 is 15.9 Å². The van der Waals surface area contributed by atoms with Gasteiger partial charge in [0.2, 0.25) is 0 Å². The van der Waals surface area contributed by atoms with Crippen molar-refractivity contribution in [1.29, 1.82) is 0 Å². The van der Waals surface area contributed by atoms with E-state index in [0.717, 1.165) is 12.1 Å². The average Bonchev–Trinajstić information content (AvgIpc) is 2.87. The Kier molecular flexibility index (Phi) is 5.00. The van der Waals surface area contributed by atoms with E-state index in [1.807, 2.05) is 4.57 Å². The number of aromatic nitrogens is 3. The van der Waals surface area contributed by atoms with Gasteiger partial charge in [0.15, 0.2) is 5.82 Å². The van der Waals surface area contributed by atoms with Gasteiger partial charge in [0.25, 0.3) is 0 Å². The summed E-state index contributed by atoms with van der Waals surface area (Å²) in [6.07, 6.45) is -4.34. The van der Waals surface area contributed by atoms with Crippen molar-refractivity contribution in [3.63, 3.8) is 0 Å². The highest BCUT2D eigenvalue weighted by molar-refractivity contribution is 9.08. The van der Waals surface area contributed by atoms with Crippen molar-refractivity contribution in [3.8, 4) is 11.4 Å². The number of ether oxygens (including phenoxy) is 1. The minimum absolute atomic E-state index is 0.464. The summed E-state index contributed by atoms with van der Waals surface area (Å²) < 4.78 is 44.6. The van der Waals surface area contributed by atoms with Crippen molar-refractivity contribution in [2.75, 3.05) is 13.7 Å². The maximum Gasteiger partial charge on any atom is 0.416 e. The summed E-state index contributed by atoms with van der Waals surface area (Å²) in [6, 6.07) is 4.87. The van der Waals surface area contributed by atoms with E-state index in [1.165, 1.54) is 12.1 Å². The van der Waals surface area contributed by atoms with Gasteiger partial charge in [0.05, 0.1) is 17.5 Å². The Balaban J connectivity index is 2.35. The van der Waals surface area contributed by atoms with Crippen molar-refractivity contribution in [3.05, 3.63) is 35.7 Å². The Morgan fingerprint density at radius 2 is 1.86 bits per heavy atom. The van der Waals surface area contributed by atoms with Gasteiger partial charge >= 0.3 is 6.18 Å². The molecule has 0 unspecified atom stereocenters. The molecule has 0 saturated heterocycles. The Morgan fingerprint density at radius 1 is 1.19 bits per heavy atom. The number of alkyl halides is 4. The highest BCUT2D eigenvalue weighted by Gasteiger charge is 2.30. The van der Waals surface area contributed by atoms with Crippen molar-refractivity contribution in [2.24, 2.45) is 0 Å². The molecule has 0 bridgehead atoms. The predicted octanol–water partition coefficient (Wildman–Crippen LogP) is 3.51. The van der Waals surface area contributed by atoms with E-state index in [0.29, 0.717) is 35.7 Å². The van der Waals surface area contributed by atoms with Crippen molar-refractivity contribution < 1.29 is 17.9 Å². The molecule has 1 aromatic carbocycles. The number of hydrogen-bond acceptors (Lipinski definition) is 3. The molecule has 0 fully saturated rings. The molecule has 0 saturated carbocycles.